The number of para-hydroxylation sites is 1. The second-order valence-corrected chi connectivity index (χ2v) is 8.54. The maximum Gasteiger partial charge on any atom is 0.262 e. The molecule has 0 aliphatic carbocycles. The molecular weight excluding hydrogens is 447 g/mol. The minimum atomic E-state index is -4.06. The van der Waals surface area contributed by atoms with E-state index in [9.17, 15) is 17.6 Å². The standard InChI is InChI=1S/C24H23FN2O5S/c1-3-7-17-12-13-22(23(14-17)31-2)32-16-24(28)26-18-8-6-9-19(15-18)33(29,30)27-21-11-5-4-10-20(21)25/h3-15,27H,16H2,1-2H3,(H,26,28). The number of rotatable bonds is 9. The van der Waals surface area contributed by atoms with Crippen molar-refractivity contribution < 1.29 is 27.1 Å². The Bertz CT molecular complexity index is 1280. The smallest absolute Gasteiger partial charge is 0.262 e. The van der Waals surface area contributed by atoms with E-state index in [1.54, 1.807) is 12.1 Å². The molecule has 0 fully saturated rings. The third-order valence-corrected chi connectivity index (χ3v) is 5.82. The number of halogens is 1. The highest BCUT2D eigenvalue weighted by molar-refractivity contribution is 7.92. The first-order valence-corrected chi connectivity index (χ1v) is 11.4. The lowest BCUT2D eigenvalue weighted by Gasteiger charge is -2.12. The number of nitrogens with one attached hydrogen (secondary N) is 2. The van der Waals surface area contributed by atoms with Crippen LogP contribution in [0.4, 0.5) is 15.8 Å². The number of hydrogen-bond acceptors (Lipinski definition) is 5. The zero-order chi connectivity index (χ0) is 23.8. The fourth-order valence-electron chi connectivity index (χ4n) is 2.93. The number of benzene rings is 3. The Hall–Kier alpha value is -3.85. The fourth-order valence-corrected chi connectivity index (χ4v) is 4.04. The van der Waals surface area contributed by atoms with E-state index in [-0.39, 0.29) is 22.9 Å². The molecule has 0 saturated heterocycles. The first kappa shape index (κ1) is 23.8. The molecule has 0 heterocycles. The molecule has 0 bridgehead atoms. The highest BCUT2D eigenvalue weighted by Gasteiger charge is 2.17. The molecule has 2 N–H and O–H groups in total. The van der Waals surface area contributed by atoms with Gasteiger partial charge in [-0.05, 0) is 55.0 Å². The Kier molecular flexibility index (Phi) is 7.68. The van der Waals surface area contributed by atoms with Gasteiger partial charge >= 0.3 is 0 Å². The predicted octanol–water partition coefficient (Wildman–Crippen LogP) is 4.69. The summed E-state index contributed by atoms with van der Waals surface area (Å²) in [5, 5.41) is 2.59. The lowest BCUT2D eigenvalue weighted by Crippen LogP contribution is -2.21. The lowest BCUT2D eigenvalue weighted by molar-refractivity contribution is -0.118. The molecule has 0 unspecified atom stereocenters. The van der Waals surface area contributed by atoms with Crippen molar-refractivity contribution in [1.29, 1.82) is 0 Å². The fraction of sp³-hybridized carbons (Fsp3) is 0.125. The van der Waals surface area contributed by atoms with Crippen molar-refractivity contribution in [3.8, 4) is 11.5 Å². The quantitative estimate of drug-likeness (QED) is 0.473. The molecule has 7 nitrogen and oxygen atoms in total. The molecule has 0 saturated carbocycles. The average molecular weight is 471 g/mol. The Morgan fingerprint density at radius 2 is 1.82 bits per heavy atom. The molecule has 0 spiro atoms. The van der Waals surface area contributed by atoms with E-state index < -0.39 is 21.7 Å². The van der Waals surface area contributed by atoms with Crippen molar-refractivity contribution in [2.45, 2.75) is 11.8 Å². The van der Waals surface area contributed by atoms with Gasteiger partial charge in [-0.25, -0.2) is 12.8 Å². The van der Waals surface area contributed by atoms with Gasteiger partial charge in [-0.15, -0.1) is 0 Å². The summed E-state index contributed by atoms with van der Waals surface area (Å²) in [5.41, 5.74) is 0.998. The summed E-state index contributed by atoms with van der Waals surface area (Å²) in [6.45, 7) is 1.58. The minimum absolute atomic E-state index is 0.134. The second-order valence-electron chi connectivity index (χ2n) is 6.86. The number of carbonyl (C=O) groups excluding carboxylic acids is 1. The summed E-state index contributed by atoms with van der Waals surface area (Å²) in [5.74, 6) is -0.319. The topological polar surface area (TPSA) is 93.7 Å². The van der Waals surface area contributed by atoms with Crippen LogP contribution in [-0.2, 0) is 14.8 Å². The van der Waals surface area contributed by atoms with E-state index in [1.165, 1.54) is 49.6 Å². The zero-order valence-corrected chi connectivity index (χ0v) is 18.9. The first-order valence-electron chi connectivity index (χ1n) is 9.93. The van der Waals surface area contributed by atoms with E-state index in [0.717, 1.165) is 11.6 Å². The van der Waals surface area contributed by atoms with Crippen LogP contribution < -0.4 is 19.5 Å². The number of carbonyl (C=O) groups is 1. The highest BCUT2D eigenvalue weighted by Crippen LogP contribution is 2.28. The van der Waals surface area contributed by atoms with Crippen LogP contribution in [0.3, 0.4) is 0 Å². The van der Waals surface area contributed by atoms with Crippen LogP contribution in [0.15, 0.2) is 77.7 Å². The van der Waals surface area contributed by atoms with Crippen molar-refractivity contribution in [3.63, 3.8) is 0 Å². The van der Waals surface area contributed by atoms with Gasteiger partial charge in [-0.3, -0.25) is 9.52 Å². The second kappa shape index (κ2) is 10.6. The Morgan fingerprint density at radius 3 is 2.55 bits per heavy atom. The average Bonchev–Trinajstić information content (AvgIpc) is 2.80. The van der Waals surface area contributed by atoms with Gasteiger partial charge in [0.1, 0.15) is 5.82 Å². The van der Waals surface area contributed by atoms with E-state index in [4.69, 9.17) is 9.47 Å². The van der Waals surface area contributed by atoms with Crippen LogP contribution >= 0.6 is 0 Å². The summed E-state index contributed by atoms with van der Waals surface area (Å²) < 4.78 is 52.1. The number of allylic oxidation sites excluding steroid dienone is 1. The van der Waals surface area contributed by atoms with Gasteiger partial charge in [-0.1, -0.05) is 36.4 Å². The zero-order valence-electron chi connectivity index (χ0n) is 18.0. The highest BCUT2D eigenvalue weighted by atomic mass is 32.2. The van der Waals surface area contributed by atoms with Crippen LogP contribution in [0.2, 0.25) is 0 Å². The monoisotopic (exact) mass is 470 g/mol. The van der Waals surface area contributed by atoms with Crippen LogP contribution in [0, 0.1) is 5.82 Å². The van der Waals surface area contributed by atoms with Gasteiger partial charge in [0.15, 0.2) is 18.1 Å². The molecule has 9 heteroatoms. The van der Waals surface area contributed by atoms with E-state index >= 15 is 0 Å². The van der Waals surface area contributed by atoms with Gasteiger partial charge in [0.2, 0.25) is 0 Å². The van der Waals surface area contributed by atoms with Gasteiger partial charge < -0.3 is 14.8 Å². The van der Waals surface area contributed by atoms with Crippen molar-refractivity contribution in [2.24, 2.45) is 0 Å². The Morgan fingerprint density at radius 1 is 1.03 bits per heavy atom. The van der Waals surface area contributed by atoms with Crippen molar-refractivity contribution >= 4 is 33.4 Å². The van der Waals surface area contributed by atoms with Crippen molar-refractivity contribution in [1.82, 2.24) is 0 Å². The number of hydrogen-bond donors (Lipinski definition) is 2. The molecule has 0 aromatic heterocycles. The number of sulfonamides is 1. The van der Waals surface area contributed by atoms with Crippen LogP contribution in [0.1, 0.15) is 12.5 Å². The predicted molar refractivity (Wildman–Crippen MR) is 125 cm³/mol. The third-order valence-electron chi connectivity index (χ3n) is 4.45. The lowest BCUT2D eigenvalue weighted by atomic mass is 10.2. The number of ether oxygens (including phenoxy) is 2. The van der Waals surface area contributed by atoms with Crippen molar-refractivity contribution in [2.75, 3.05) is 23.8 Å². The maximum atomic E-state index is 13.8. The molecule has 0 aliphatic rings. The SMILES string of the molecule is CC=Cc1ccc(OCC(=O)Nc2cccc(S(=O)(=O)Nc3ccccc3F)c2)c(OC)c1. The van der Waals surface area contributed by atoms with Crippen molar-refractivity contribution in [3.05, 3.63) is 84.2 Å². The van der Waals surface area contributed by atoms with Crippen LogP contribution in [-0.4, -0.2) is 28.0 Å². The summed E-state index contributed by atoms with van der Waals surface area (Å²) in [4.78, 5) is 12.2. The molecule has 3 aromatic rings. The largest absolute Gasteiger partial charge is 0.493 e. The van der Waals surface area contributed by atoms with Crippen LogP contribution in [0.5, 0.6) is 11.5 Å². The molecule has 0 atom stereocenters. The molecule has 172 valence electrons. The van der Waals surface area contributed by atoms with E-state index in [2.05, 4.69) is 10.0 Å². The summed E-state index contributed by atoms with van der Waals surface area (Å²) >= 11 is 0. The summed E-state index contributed by atoms with van der Waals surface area (Å²) in [6.07, 6.45) is 3.80. The Labute approximate surface area is 191 Å². The van der Waals surface area contributed by atoms with Gasteiger partial charge in [0, 0.05) is 5.69 Å². The molecule has 0 aliphatic heterocycles. The normalized spacial score (nSPS) is 11.2. The molecule has 0 radical (unpaired) electrons. The van der Waals surface area contributed by atoms with Gasteiger partial charge in [0.25, 0.3) is 15.9 Å². The number of anilines is 2. The van der Waals surface area contributed by atoms with E-state index in [0.29, 0.717) is 11.5 Å². The molecular formula is C24H23FN2O5S. The van der Waals surface area contributed by atoms with Gasteiger partial charge in [0.05, 0.1) is 17.7 Å². The maximum absolute atomic E-state index is 13.8. The molecule has 3 rings (SSSR count). The first-order chi connectivity index (χ1) is 15.8. The molecule has 1 amide bonds. The number of methoxy groups -OCH3 is 1. The summed E-state index contributed by atoms with van der Waals surface area (Å²) in [6, 6.07) is 16.4. The molecule has 3 aromatic carbocycles. The summed E-state index contributed by atoms with van der Waals surface area (Å²) in [7, 11) is -2.56. The van der Waals surface area contributed by atoms with E-state index in [1.807, 2.05) is 25.1 Å². The minimum Gasteiger partial charge on any atom is -0.493 e. The third kappa shape index (κ3) is 6.33. The number of amides is 1. The van der Waals surface area contributed by atoms with Crippen LogP contribution in [0.25, 0.3) is 6.08 Å². The van der Waals surface area contributed by atoms with Gasteiger partial charge in [-0.2, -0.15) is 0 Å². The molecule has 33 heavy (non-hydrogen) atoms. The Balaban J connectivity index is 1.67.